The van der Waals surface area contributed by atoms with Crippen LogP contribution in [0.4, 0.5) is 0 Å². The Labute approximate surface area is 109 Å². The van der Waals surface area contributed by atoms with Gasteiger partial charge < -0.3 is 4.74 Å². The second kappa shape index (κ2) is 5.55. The Morgan fingerprint density at radius 3 is 2.78 bits per heavy atom. The molecule has 1 aromatic carbocycles. The van der Waals surface area contributed by atoms with E-state index >= 15 is 0 Å². The van der Waals surface area contributed by atoms with Crippen LogP contribution >= 0.6 is 11.3 Å². The molecule has 92 valence electrons. The summed E-state index contributed by atoms with van der Waals surface area (Å²) in [5.41, 5.74) is 1.14. The predicted octanol–water partition coefficient (Wildman–Crippen LogP) is 2.74. The normalized spacial score (nSPS) is 10.1. The zero-order valence-electron chi connectivity index (χ0n) is 9.84. The number of thiazole rings is 1. The van der Waals surface area contributed by atoms with Gasteiger partial charge in [0, 0.05) is 10.9 Å². The quantitative estimate of drug-likeness (QED) is 0.679. The lowest BCUT2D eigenvalue weighted by Gasteiger charge is -2.00. The molecule has 1 aromatic heterocycles. The molecule has 0 aliphatic heterocycles. The van der Waals surface area contributed by atoms with Crippen molar-refractivity contribution < 1.29 is 9.53 Å². The first-order valence-corrected chi connectivity index (χ1v) is 6.37. The molecule has 4 nitrogen and oxygen atoms in total. The highest BCUT2D eigenvalue weighted by Gasteiger charge is 2.16. The van der Waals surface area contributed by atoms with Gasteiger partial charge in [0.1, 0.15) is 10.7 Å². The molecule has 0 radical (unpaired) electrons. The van der Waals surface area contributed by atoms with Crippen LogP contribution in [0.15, 0.2) is 35.7 Å². The Morgan fingerprint density at radius 1 is 1.39 bits per heavy atom. The summed E-state index contributed by atoms with van der Waals surface area (Å²) < 4.78 is 4.77. The maximum atomic E-state index is 11.4. The number of esters is 1. The Balaban J connectivity index is 2.21. The molecule has 0 spiro atoms. The zero-order chi connectivity index (χ0) is 13.0. The minimum Gasteiger partial charge on any atom is -0.461 e. The van der Waals surface area contributed by atoms with Crippen LogP contribution in [-0.4, -0.2) is 23.3 Å². The van der Waals surface area contributed by atoms with Crippen LogP contribution in [-0.2, 0) is 9.53 Å². The summed E-state index contributed by atoms with van der Waals surface area (Å²) in [7, 11) is 0. The summed E-state index contributed by atoms with van der Waals surface area (Å²) in [6.07, 6.45) is 0. The lowest BCUT2D eigenvalue weighted by molar-refractivity contribution is -0.135. The van der Waals surface area contributed by atoms with E-state index in [1.165, 1.54) is 11.3 Å². The topological polar surface area (TPSA) is 63.0 Å². The number of hydrogen-bond donors (Lipinski definition) is 1. The second-order valence-electron chi connectivity index (χ2n) is 3.50. The molecule has 0 unspecified atom stereocenters. The molecule has 5 heteroatoms. The molecule has 2 aromatic rings. The molecule has 0 aliphatic rings. The molecule has 0 bridgehead atoms. The molecule has 0 saturated carbocycles. The van der Waals surface area contributed by atoms with Gasteiger partial charge in [-0.1, -0.05) is 30.3 Å². The number of ether oxygens (including phenoxy) is 1. The van der Waals surface area contributed by atoms with E-state index in [2.05, 4.69) is 4.98 Å². The smallest absolute Gasteiger partial charge is 0.358 e. The lowest BCUT2D eigenvalue weighted by Crippen LogP contribution is -2.17. The fourth-order valence-electron chi connectivity index (χ4n) is 1.41. The summed E-state index contributed by atoms with van der Waals surface area (Å²) in [5, 5.41) is 10.2. The lowest BCUT2D eigenvalue weighted by atomic mass is 10.2. The van der Waals surface area contributed by atoms with Crippen molar-refractivity contribution in [1.29, 1.82) is 5.41 Å². The number of benzene rings is 1. The number of carbonyl (C=O) groups is 1. The monoisotopic (exact) mass is 260 g/mol. The van der Waals surface area contributed by atoms with Crippen molar-refractivity contribution in [2.75, 3.05) is 6.61 Å². The first-order valence-electron chi connectivity index (χ1n) is 5.49. The molecule has 1 N–H and O–H groups in total. The van der Waals surface area contributed by atoms with Gasteiger partial charge in [-0.05, 0) is 6.92 Å². The molecule has 0 saturated heterocycles. The van der Waals surface area contributed by atoms with Crippen LogP contribution in [0.25, 0.3) is 10.6 Å². The Hall–Kier alpha value is -2.01. The summed E-state index contributed by atoms with van der Waals surface area (Å²) >= 11 is 1.41. The van der Waals surface area contributed by atoms with Gasteiger partial charge in [-0.25, -0.2) is 9.78 Å². The highest BCUT2D eigenvalue weighted by molar-refractivity contribution is 7.13. The first-order chi connectivity index (χ1) is 8.72. The minimum absolute atomic E-state index is 0.199. The van der Waals surface area contributed by atoms with Crippen molar-refractivity contribution in [1.82, 2.24) is 4.98 Å². The number of aromatic nitrogens is 1. The third-order valence-electron chi connectivity index (χ3n) is 2.26. The van der Waals surface area contributed by atoms with Crippen molar-refractivity contribution in [3.05, 3.63) is 41.4 Å². The largest absolute Gasteiger partial charge is 0.461 e. The van der Waals surface area contributed by atoms with Gasteiger partial charge in [0.15, 0.2) is 5.71 Å². The zero-order valence-corrected chi connectivity index (χ0v) is 10.7. The molecule has 2 rings (SSSR count). The van der Waals surface area contributed by atoms with E-state index in [9.17, 15) is 4.79 Å². The highest BCUT2D eigenvalue weighted by atomic mass is 32.1. The molecule has 18 heavy (non-hydrogen) atoms. The van der Waals surface area contributed by atoms with E-state index < -0.39 is 5.97 Å². The average molecular weight is 260 g/mol. The average Bonchev–Trinajstić information content (AvgIpc) is 2.89. The van der Waals surface area contributed by atoms with Crippen molar-refractivity contribution in [3.8, 4) is 10.6 Å². The van der Waals surface area contributed by atoms with Crippen LogP contribution in [0.3, 0.4) is 0 Å². The van der Waals surface area contributed by atoms with Crippen molar-refractivity contribution in [2.24, 2.45) is 0 Å². The van der Waals surface area contributed by atoms with E-state index in [1.54, 1.807) is 12.3 Å². The highest BCUT2D eigenvalue weighted by Crippen LogP contribution is 2.23. The minimum atomic E-state index is -0.637. The Morgan fingerprint density at radius 2 is 2.11 bits per heavy atom. The Bertz CT molecular complexity index is 563. The van der Waals surface area contributed by atoms with Gasteiger partial charge in [0.25, 0.3) is 0 Å². The molecule has 0 atom stereocenters. The number of nitrogens with zero attached hydrogens (tertiary/aromatic N) is 1. The van der Waals surface area contributed by atoms with Crippen molar-refractivity contribution >= 4 is 23.0 Å². The van der Waals surface area contributed by atoms with Crippen LogP contribution in [0.1, 0.15) is 12.6 Å². The SMILES string of the molecule is CCOC(=O)C(=N)c1csc(-c2ccccc2)n1. The first kappa shape index (κ1) is 12.4. The molecular formula is C13H12N2O2S. The maximum Gasteiger partial charge on any atom is 0.358 e. The van der Waals surface area contributed by atoms with Gasteiger partial charge >= 0.3 is 5.97 Å². The number of carbonyl (C=O) groups excluding carboxylic acids is 1. The third kappa shape index (κ3) is 2.62. The summed E-state index contributed by atoms with van der Waals surface area (Å²) in [6.45, 7) is 1.97. The third-order valence-corrected chi connectivity index (χ3v) is 3.15. The van der Waals surface area contributed by atoms with Crippen LogP contribution in [0.5, 0.6) is 0 Å². The van der Waals surface area contributed by atoms with E-state index in [4.69, 9.17) is 10.1 Å². The van der Waals surface area contributed by atoms with Crippen molar-refractivity contribution in [2.45, 2.75) is 6.92 Å². The molecule has 0 amide bonds. The molecule has 1 heterocycles. The van der Waals surface area contributed by atoms with Crippen LogP contribution < -0.4 is 0 Å². The van der Waals surface area contributed by atoms with Gasteiger partial charge in [-0.2, -0.15) is 0 Å². The number of hydrogen-bond acceptors (Lipinski definition) is 5. The van der Waals surface area contributed by atoms with E-state index in [-0.39, 0.29) is 12.3 Å². The van der Waals surface area contributed by atoms with E-state index in [0.29, 0.717) is 5.69 Å². The van der Waals surface area contributed by atoms with Gasteiger partial charge in [-0.3, -0.25) is 5.41 Å². The summed E-state index contributed by atoms with van der Waals surface area (Å²) in [6, 6.07) is 9.66. The van der Waals surface area contributed by atoms with E-state index in [0.717, 1.165) is 10.6 Å². The van der Waals surface area contributed by atoms with Gasteiger partial charge in [0.2, 0.25) is 0 Å². The summed E-state index contributed by atoms with van der Waals surface area (Å²) in [4.78, 5) is 15.7. The van der Waals surface area contributed by atoms with Crippen molar-refractivity contribution in [3.63, 3.8) is 0 Å². The fraction of sp³-hybridized carbons (Fsp3) is 0.154. The van der Waals surface area contributed by atoms with Gasteiger partial charge in [-0.15, -0.1) is 11.3 Å². The predicted molar refractivity (Wildman–Crippen MR) is 71.0 cm³/mol. The van der Waals surface area contributed by atoms with Gasteiger partial charge in [0.05, 0.1) is 6.61 Å². The molecule has 0 aliphatic carbocycles. The standard InChI is InChI=1S/C13H12N2O2S/c1-2-17-13(16)11(14)10-8-18-12(15-10)9-6-4-3-5-7-9/h3-8,14H,2H2,1H3. The number of rotatable bonds is 4. The maximum absolute atomic E-state index is 11.4. The van der Waals surface area contributed by atoms with Crippen LogP contribution in [0.2, 0.25) is 0 Å². The summed E-state index contributed by atoms with van der Waals surface area (Å²) in [5.74, 6) is -0.637. The fourth-order valence-corrected chi connectivity index (χ4v) is 2.23. The Kier molecular flexibility index (Phi) is 3.84. The number of nitrogens with one attached hydrogen (secondary N) is 1. The molecule has 0 fully saturated rings. The van der Waals surface area contributed by atoms with E-state index in [1.807, 2.05) is 30.3 Å². The second-order valence-corrected chi connectivity index (χ2v) is 4.36. The molecular weight excluding hydrogens is 248 g/mol. The van der Waals surface area contributed by atoms with Crippen LogP contribution in [0, 0.1) is 5.41 Å².